The molecule has 98 valence electrons. The Morgan fingerprint density at radius 1 is 1.61 bits per heavy atom. The Kier molecular flexibility index (Phi) is 3.86. The average molecular weight is 250 g/mol. The minimum Gasteiger partial charge on any atom is -0.495 e. The van der Waals surface area contributed by atoms with Gasteiger partial charge in [-0.2, -0.15) is 0 Å². The first kappa shape index (κ1) is 12.5. The highest BCUT2D eigenvalue weighted by molar-refractivity contribution is 5.80. The molecule has 0 saturated heterocycles. The van der Waals surface area contributed by atoms with Gasteiger partial charge in [0.2, 0.25) is 0 Å². The maximum absolute atomic E-state index is 8.55. The van der Waals surface area contributed by atoms with E-state index in [9.17, 15) is 0 Å². The van der Waals surface area contributed by atoms with Crippen molar-refractivity contribution >= 4 is 11.7 Å². The first-order valence-electron chi connectivity index (χ1n) is 5.97. The first-order valence-corrected chi connectivity index (χ1v) is 5.97. The fraction of sp³-hybridized carbons (Fsp3) is 0.500. The average Bonchev–Trinajstić information content (AvgIpc) is 3.24. The lowest BCUT2D eigenvalue weighted by molar-refractivity contribution is 0.317. The predicted octanol–water partition coefficient (Wildman–Crippen LogP) is 1.20. The standard InChI is InChI=1S/C12H18N4O2/c1-18-10-4-5-12(14-8-10)16(9-2-3-9)7-6-11(13)15-17/h4-5,8-9,17H,2-3,6-7H2,1H3,(H2,13,15). The molecule has 2 rings (SSSR count). The van der Waals surface area contributed by atoms with Crippen LogP contribution in [0.1, 0.15) is 19.3 Å². The number of rotatable bonds is 6. The van der Waals surface area contributed by atoms with Crippen LogP contribution in [0.15, 0.2) is 23.5 Å². The normalized spacial score (nSPS) is 15.5. The number of pyridine rings is 1. The summed E-state index contributed by atoms with van der Waals surface area (Å²) < 4.78 is 5.09. The SMILES string of the molecule is COc1ccc(N(CC/C(N)=N/O)C2CC2)nc1. The Morgan fingerprint density at radius 3 is 2.89 bits per heavy atom. The van der Waals surface area contributed by atoms with E-state index < -0.39 is 0 Å². The maximum atomic E-state index is 8.55. The number of hydrogen-bond donors (Lipinski definition) is 2. The second-order valence-corrected chi connectivity index (χ2v) is 4.32. The Labute approximate surface area is 106 Å². The fourth-order valence-electron chi connectivity index (χ4n) is 1.82. The van der Waals surface area contributed by atoms with Crippen LogP contribution in [0, 0.1) is 0 Å². The molecule has 0 unspecified atom stereocenters. The number of nitrogens with zero attached hydrogens (tertiary/aromatic N) is 3. The number of aromatic nitrogens is 1. The number of nitrogens with two attached hydrogens (primary N) is 1. The summed E-state index contributed by atoms with van der Waals surface area (Å²) in [5, 5.41) is 11.5. The highest BCUT2D eigenvalue weighted by atomic mass is 16.5. The molecular weight excluding hydrogens is 232 g/mol. The van der Waals surface area contributed by atoms with Crippen molar-refractivity contribution in [2.75, 3.05) is 18.6 Å². The number of ether oxygens (including phenoxy) is 1. The van der Waals surface area contributed by atoms with Crippen LogP contribution in [-0.2, 0) is 0 Å². The summed E-state index contributed by atoms with van der Waals surface area (Å²) in [6, 6.07) is 4.35. The van der Waals surface area contributed by atoms with Crippen molar-refractivity contribution in [1.82, 2.24) is 4.98 Å². The van der Waals surface area contributed by atoms with Crippen LogP contribution in [-0.4, -0.2) is 35.7 Å². The highest BCUT2D eigenvalue weighted by Gasteiger charge is 2.29. The van der Waals surface area contributed by atoms with Crippen LogP contribution < -0.4 is 15.4 Å². The van der Waals surface area contributed by atoms with E-state index in [4.69, 9.17) is 15.7 Å². The van der Waals surface area contributed by atoms with Crippen LogP contribution in [0.2, 0.25) is 0 Å². The molecule has 0 radical (unpaired) electrons. The van der Waals surface area contributed by atoms with Gasteiger partial charge in [-0.3, -0.25) is 0 Å². The molecule has 1 saturated carbocycles. The molecule has 1 fully saturated rings. The van der Waals surface area contributed by atoms with Gasteiger partial charge in [-0.1, -0.05) is 5.16 Å². The maximum Gasteiger partial charge on any atom is 0.140 e. The second kappa shape index (κ2) is 5.57. The smallest absolute Gasteiger partial charge is 0.140 e. The molecule has 0 aliphatic heterocycles. The Bertz CT molecular complexity index is 415. The Hall–Kier alpha value is -1.98. The van der Waals surface area contributed by atoms with E-state index in [1.807, 2.05) is 12.1 Å². The first-order chi connectivity index (χ1) is 8.74. The van der Waals surface area contributed by atoms with Gasteiger partial charge in [-0.15, -0.1) is 0 Å². The van der Waals surface area contributed by atoms with E-state index in [1.54, 1.807) is 13.3 Å². The van der Waals surface area contributed by atoms with Gasteiger partial charge in [0.05, 0.1) is 13.3 Å². The van der Waals surface area contributed by atoms with Gasteiger partial charge >= 0.3 is 0 Å². The molecule has 18 heavy (non-hydrogen) atoms. The van der Waals surface area contributed by atoms with Gasteiger partial charge in [0.1, 0.15) is 17.4 Å². The molecule has 1 aliphatic carbocycles. The molecule has 0 atom stereocenters. The summed E-state index contributed by atoms with van der Waals surface area (Å²) >= 11 is 0. The molecule has 0 amide bonds. The summed E-state index contributed by atoms with van der Waals surface area (Å²) in [6.45, 7) is 0.708. The van der Waals surface area contributed by atoms with Gasteiger partial charge in [-0.05, 0) is 25.0 Å². The van der Waals surface area contributed by atoms with E-state index in [0.29, 0.717) is 19.0 Å². The van der Waals surface area contributed by atoms with Crippen molar-refractivity contribution in [3.63, 3.8) is 0 Å². The third kappa shape index (κ3) is 3.03. The van der Waals surface area contributed by atoms with E-state index in [-0.39, 0.29) is 5.84 Å². The van der Waals surface area contributed by atoms with Crippen LogP contribution in [0.5, 0.6) is 5.75 Å². The van der Waals surface area contributed by atoms with Crippen LogP contribution >= 0.6 is 0 Å². The van der Waals surface area contributed by atoms with E-state index >= 15 is 0 Å². The molecule has 1 aromatic heterocycles. The molecule has 0 aromatic carbocycles. The van der Waals surface area contributed by atoms with Crippen molar-refractivity contribution < 1.29 is 9.94 Å². The molecule has 6 heteroatoms. The van der Waals surface area contributed by atoms with Crippen LogP contribution in [0.25, 0.3) is 0 Å². The Morgan fingerprint density at radius 2 is 2.39 bits per heavy atom. The molecule has 0 spiro atoms. The second-order valence-electron chi connectivity index (χ2n) is 4.32. The monoisotopic (exact) mass is 250 g/mol. The van der Waals surface area contributed by atoms with Gasteiger partial charge < -0.3 is 20.6 Å². The minimum absolute atomic E-state index is 0.245. The third-order valence-corrected chi connectivity index (χ3v) is 2.98. The molecule has 3 N–H and O–H groups in total. The van der Waals surface area contributed by atoms with E-state index in [2.05, 4.69) is 15.0 Å². The molecule has 6 nitrogen and oxygen atoms in total. The van der Waals surface area contributed by atoms with Crippen LogP contribution in [0.4, 0.5) is 5.82 Å². The Balaban J connectivity index is 2.04. The zero-order valence-electron chi connectivity index (χ0n) is 10.4. The zero-order chi connectivity index (χ0) is 13.0. The predicted molar refractivity (Wildman–Crippen MR) is 69.2 cm³/mol. The number of anilines is 1. The quantitative estimate of drug-likeness (QED) is 0.343. The summed E-state index contributed by atoms with van der Waals surface area (Å²) in [5.74, 6) is 1.89. The molecular formula is C12H18N4O2. The lowest BCUT2D eigenvalue weighted by atomic mass is 10.3. The largest absolute Gasteiger partial charge is 0.495 e. The molecule has 0 bridgehead atoms. The zero-order valence-corrected chi connectivity index (χ0v) is 10.4. The summed E-state index contributed by atoms with van der Waals surface area (Å²) in [5.41, 5.74) is 5.50. The molecule has 1 aliphatic rings. The third-order valence-electron chi connectivity index (χ3n) is 2.98. The summed E-state index contributed by atoms with van der Waals surface area (Å²) in [7, 11) is 1.62. The van der Waals surface area contributed by atoms with Crippen LogP contribution in [0.3, 0.4) is 0 Å². The van der Waals surface area contributed by atoms with E-state index in [0.717, 1.165) is 11.6 Å². The van der Waals surface area contributed by atoms with Gasteiger partial charge in [0.25, 0.3) is 0 Å². The topological polar surface area (TPSA) is 84.0 Å². The fourth-order valence-corrected chi connectivity index (χ4v) is 1.82. The molecule has 1 aromatic rings. The van der Waals surface area contributed by atoms with E-state index in [1.165, 1.54) is 12.8 Å². The van der Waals surface area contributed by atoms with Gasteiger partial charge in [-0.25, -0.2) is 4.98 Å². The minimum atomic E-state index is 0.245. The summed E-state index contributed by atoms with van der Waals surface area (Å²) in [6.07, 6.45) is 4.57. The lowest BCUT2D eigenvalue weighted by Gasteiger charge is -2.23. The number of methoxy groups -OCH3 is 1. The van der Waals surface area contributed by atoms with Gasteiger partial charge in [0, 0.05) is 19.0 Å². The number of oxime groups is 1. The lowest BCUT2D eigenvalue weighted by Crippen LogP contribution is -2.30. The van der Waals surface area contributed by atoms with Crippen molar-refractivity contribution in [2.24, 2.45) is 10.9 Å². The van der Waals surface area contributed by atoms with Crippen molar-refractivity contribution in [2.45, 2.75) is 25.3 Å². The van der Waals surface area contributed by atoms with Crippen molar-refractivity contribution in [3.05, 3.63) is 18.3 Å². The van der Waals surface area contributed by atoms with Crippen molar-refractivity contribution in [1.29, 1.82) is 0 Å². The number of amidine groups is 1. The van der Waals surface area contributed by atoms with Crippen molar-refractivity contribution in [3.8, 4) is 5.75 Å². The van der Waals surface area contributed by atoms with Gasteiger partial charge in [0.15, 0.2) is 0 Å². The molecule has 1 heterocycles. The number of hydrogen-bond acceptors (Lipinski definition) is 5. The summed E-state index contributed by atoms with van der Waals surface area (Å²) in [4.78, 5) is 6.56. The highest BCUT2D eigenvalue weighted by Crippen LogP contribution is 2.31.